The van der Waals surface area contributed by atoms with Gasteiger partial charge in [-0.15, -0.1) is 0 Å². The van der Waals surface area contributed by atoms with Gasteiger partial charge < -0.3 is 19.7 Å². The Morgan fingerprint density at radius 1 is 1.47 bits per heavy atom. The fourth-order valence-electron chi connectivity index (χ4n) is 1.38. The monoisotopic (exact) mass is 285 g/mol. The van der Waals surface area contributed by atoms with Crippen LogP contribution in [-0.4, -0.2) is 45.9 Å². The van der Waals surface area contributed by atoms with E-state index in [1.54, 1.807) is 18.4 Å². The van der Waals surface area contributed by atoms with E-state index in [1.165, 1.54) is 0 Å². The van der Waals surface area contributed by atoms with E-state index in [0.717, 1.165) is 28.7 Å². The number of hydrogen-bond donors (Lipinski definition) is 1. The molecule has 0 aliphatic carbocycles. The van der Waals surface area contributed by atoms with E-state index in [2.05, 4.69) is 16.9 Å². The standard InChI is InChI=1S/C13H23N3O2S/c1-10(2)9-18-7-6-14-8-11-12(17-5)15-13(19-11)16(3)4/h14H,1,6-9H2,2-5H3. The summed E-state index contributed by atoms with van der Waals surface area (Å²) in [4.78, 5) is 7.49. The molecule has 0 bridgehead atoms. The van der Waals surface area contributed by atoms with Gasteiger partial charge in [0.1, 0.15) is 0 Å². The highest BCUT2D eigenvalue weighted by atomic mass is 32.1. The summed E-state index contributed by atoms with van der Waals surface area (Å²) in [5, 5.41) is 4.27. The Hall–Kier alpha value is -1.11. The number of nitrogens with one attached hydrogen (secondary N) is 1. The van der Waals surface area contributed by atoms with Crippen molar-refractivity contribution in [2.24, 2.45) is 0 Å². The van der Waals surface area contributed by atoms with Crippen LogP contribution in [0.15, 0.2) is 12.2 Å². The maximum absolute atomic E-state index is 5.42. The van der Waals surface area contributed by atoms with E-state index < -0.39 is 0 Å². The van der Waals surface area contributed by atoms with E-state index in [1.807, 2.05) is 25.9 Å². The molecule has 6 heteroatoms. The Labute approximate surface area is 119 Å². The van der Waals surface area contributed by atoms with Crippen molar-refractivity contribution in [3.05, 3.63) is 17.0 Å². The predicted octanol–water partition coefficient (Wildman–Crippen LogP) is 1.90. The van der Waals surface area contributed by atoms with Gasteiger partial charge in [0.2, 0.25) is 5.88 Å². The van der Waals surface area contributed by atoms with Gasteiger partial charge in [-0.2, -0.15) is 4.98 Å². The van der Waals surface area contributed by atoms with Gasteiger partial charge in [0.05, 0.1) is 25.2 Å². The van der Waals surface area contributed by atoms with Crippen LogP contribution in [0.25, 0.3) is 0 Å². The Morgan fingerprint density at radius 3 is 2.79 bits per heavy atom. The zero-order valence-corrected chi connectivity index (χ0v) is 13.0. The highest BCUT2D eigenvalue weighted by molar-refractivity contribution is 7.15. The highest BCUT2D eigenvalue weighted by Gasteiger charge is 2.12. The predicted molar refractivity (Wildman–Crippen MR) is 80.3 cm³/mol. The Morgan fingerprint density at radius 2 is 2.21 bits per heavy atom. The molecule has 1 heterocycles. The first-order chi connectivity index (χ1) is 9.04. The molecule has 5 nitrogen and oxygen atoms in total. The summed E-state index contributed by atoms with van der Waals surface area (Å²) in [6, 6.07) is 0. The topological polar surface area (TPSA) is 46.6 Å². The smallest absolute Gasteiger partial charge is 0.230 e. The number of aromatic nitrogens is 1. The molecule has 108 valence electrons. The molecule has 0 aromatic carbocycles. The normalized spacial score (nSPS) is 10.5. The molecule has 1 aromatic rings. The van der Waals surface area contributed by atoms with E-state index in [-0.39, 0.29) is 0 Å². The van der Waals surface area contributed by atoms with E-state index in [0.29, 0.717) is 19.1 Å². The second-order valence-corrected chi connectivity index (χ2v) is 5.57. The number of thiazole rings is 1. The van der Waals surface area contributed by atoms with Crippen molar-refractivity contribution >= 4 is 16.5 Å². The summed E-state index contributed by atoms with van der Waals surface area (Å²) in [5.74, 6) is 0.698. The molecule has 0 fully saturated rings. The molecule has 0 unspecified atom stereocenters. The summed E-state index contributed by atoms with van der Waals surface area (Å²) in [6.07, 6.45) is 0. The third-order valence-corrected chi connectivity index (χ3v) is 3.49. The van der Waals surface area contributed by atoms with Crippen LogP contribution in [0.1, 0.15) is 11.8 Å². The van der Waals surface area contributed by atoms with Gasteiger partial charge in [-0.05, 0) is 6.92 Å². The quantitative estimate of drug-likeness (QED) is 0.554. The van der Waals surface area contributed by atoms with Crippen LogP contribution in [-0.2, 0) is 11.3 Å². The van der Waals surface area contributed by atoms with Gasteiger partial charge >= 0.3 is 0 Å². The zero-order valence-electron chi connectivity index (χ0n) is 12.2. The minimum Gasteiger partial charge on any atom is -0.480 e. The van der Waals surface area contributed by atoms with Gasteiger partial charge in [-0.3, -0.25) is 0 Å². The van der Waals surface area contributed by atoms with Crippen molar-refractivity contribution in [2.75, 3.05) is 45.9 Å². The minimum atomic E-state index is 0.621. The average Bonchev–Trinajstić information content (AvgIpc) is 2.76. The highest BCUT2D eigenvalue weighted by Crippen LogP contribution is 2.29. The fourth-order valence-corrected chi connectivity index (χ4v) is 2.30. The summed E-state index contributed by atoms with van der Waals surface area (Å²) in [5.41, 5.74) is 1.04. The Balaban J connectivity index is 2.34. The van der Waals surface area contributed by atoms with Crippen LogP contribution < -0.4 is 15.0 Å². The van der Waals surface area contributed by atoms with Gasteiger partial charge in [-0.1, -0.05) is 23.5 Å². The number of methoxy groups -OCH3 is 1. The molecule has 19 heavy (non-hydrogen) atoms. The number of ether oxygens (including phenoxy) is 2. The molecule has 0 atom stereocenters. The number of rotatable bonds is 9. The molecular weight excluding hydrogens is 262 g/mol. The summed E-state index contributed by atoms with van der Waals surface area (Å²) in [7, 11) is 5.59. The van der Waals surface area contributed by atoms with Crippen LogP contribution >= 0.6 is 11.3 Å². The molecule has 0 saturated carbocycles. The SMILES string of the molecule is C=C(C)COCCNCc1sc(N(C)C)nc1OC. The fraction of sp³-hybridized carbons (Fsp3) is 0.615. The lowest BCUT2D eigenvalue weighted by atomic mass is 10.4. The van der Waals surface area contributed by atoms with E-state index in [9.17, 15) is 0 Å². The lowest BCUT2D eigenvalue weighted by Gasteiger charge is -2.06. The van der Waals surface area contributed by atoms with Crippen molar-refractivity contribution in [1.29, 1.82) is 0 Å². The third-order valence-electron chi connectivity index (χ3n) is 2.28. The average molecular weight is 285 g/mol. The van der Waals surface area contributed by atoms with Crippen LogP contribution in [0.5, 0.6) is 5.88 Å². The molecule has 1 N–H and O–H groups in total. The molecule has 1 rings (SSSR count). The summed E-state index contributed by atoms with van der Waals surface area (Å²) >= 11 is 1.63. The second kappa shape index (κ2) is 8.14. The number of hydrogen-bond acceptors (Lipinski definition) is 6. The molecule has 0 radical (unpaired) electrons. The number of anilines is 1. The van der Waals surface area contributed by atoms with E-state index in [4.69, 9.17) is 9.47 Å². The van der Waals surface area contributed by atoms with Crippen LogP contribution in [0.3, 0.4) is 0 Å². The van der Waals surface area contributed by atoms with Crippen molar-refractivity contribution in [1.82, 2.24) is 10.3 Å². The second-order valence-electron chi connectivity index (χ2n) is 4.51. The molecule has 0 saturated heterocycles. The molecule has 1 aromatic heterocycles. The largest absolute Gasteiger partial charge is 0.480 e. The number of nitrogens with zero attached hydrogens (tertiary/aromatic N) is 2. The molecule has 0 aliphatic heterocycles. The van der Waals surface area contributed by atoms with Crippen LogP contribution in [0.4, 0.5) is 5.13 Å². The Bertz CT molecular complexity index is 405. The first-order valence-corrected chi connectivity index (χ1v) is 7.00. The Kier molecular flexibility index (Phi) is 6.83. The first-order valence-electron chi connectivity index (χ1n) is 6.18. The van der Waals surface area contributed by atoms with E-state index >= 15 is 0 Å². The van der Waals surface area contributed by atoms with Gasteiger partial charge in [-0.25, -0.2) is 0 Å². The lowest BCUT2D eigenvalue weighted by Crippen LogP contribution is -2.19. The molecule has 0 amide bonds. The van der Waals surface area contributed by atoms with Crippen LogP contribution in [0.2, 0.25) is 0 Å². The zero-order chi connectivity index (χ0) is 14.3. The minimum absolute atomic E-state index is 0.621. The maximum atomic E-state index is 5.42. The lowest BCUT2D eigenvalue weighted by molar-refractivity contribution is 0.157. The summed E-state index contributed by atoms with van der Waals surface area (Å²) < 4.78 is 10.7. The molecule has 0 spiro atoms. The third kappa shape index (κ3) is 5.59. The first kappa shape index (κ1) is 15.9. The molecular formula is C13H23N3O2S. The van der Waals surface area contributed by atoms with Crippen LogP contribution in [0, 0.1) is 0 Å². The van der Waals surface area contributed by atoms with Crippen molar-refractivity contribution in [2.45, 2.75) is 13.5 Å². The van der Waals surface area contributed by atoms with Crippen molar-refractivity contribution < 1.29 is 9.47 Å². The van der Waals surface area contributed by atoms with Crippen molar-refractivity contribution in [3.8, 4) is 5.88 Å². The van der Waals surface area contributed by atoms with Gasteiger partial charge in [0, 0.05) is 27.2 Å². The van der Waals surface area contributed by atoms with Crippen molar-refractivity contribution in [3.63, 3.8) is 0 Å². The summed E-state index contributed by atoms with van der Waals surface area (Å²) in [6.45, 7) is 8.58. The van der Waals surface area contributed by atoms with Gasteiger partial charge in [0.15, 0.2) is 5.13 Å². The maximum Gasteiger partial charge on any atom is 0.230 e. The molecule has 0 aliphatic rings. The van der Waals surface area contributed by atoms with Gasteiger partial charge in [0.25, 0.3) is 0 Å².